The lowest BCUT2D eigenvalue weighted by Crippen LogP contribution is -2.51. The molecule has 0 unspecified atom stereocenters. The first kappa shape index (κ1) is 16.2. The number of carboxylic acid groups (broad SMARTS) is 1. The van der Waals surface area contributed by atoms with Gasteiger partial charge in [-0.2, -0.15) is 0 Å². The maximum absolute atomic E-state index is 11.0. The molecule has 0 atom stereocenters. The van der Waals surface area contributed by atoms with Crippen LogP contribution < -0.4 is 5.32 Å². The quantitative estimate of drug-likeness (QED) is 0.582. The summed E-state index contributed by atoms with van der Waals surface area (Å²) in [7, 11) is 0. The minimum atomic E-state index is -0.839. The summed E-state index contributed by atoms with van der Waals surface area (Å²) in [5, 5.41) is 23.0. The van der Waals surface area contributed by atoms with Crippen molar-refractivity contribution in [1.82, 2.24) is 9.88 Å². The van der Waals surface area contributed by atoms with E-state index in [2.05, 4.69) is 10.3 Å². The Labute approximate surface area is 128 Å². The lowest BCUT2D eigenvalue weighted by Gasteiger charge is -2.42. The summed E-state index contributed by atoms with van der Waals surface area (Å²) >= 11 is 0. The number of nitro groups is 1. The molecule has 2 rings (SSSR count). The summed E-state index contributed by atoms with van der Waals surface area (Å²) in [6.45, 7) is 4.41. The Balaban J connectivity index is 1.96. The zero-order chi connectivity index (χ0) is 16.3. The Kier molecular flexibility index (Phi) is 4.92. The molecule has 0 spiro atoms. The van der Waals surface area contributed by atoms with Crippen molar-refractivity contribution < 1.29 is 14.8 Å². The highest BCUT2D eigenvalue weighted by molar-refractivity contribution is 5.69. The van der Waals surface area contributed by atoms with Gasteiger partial charge in [-0.1, -0.05) is 6.92 Å². The summed E-state index contributed by atoms with van der Waals surface area (Å²) in [6.07, 6.45) is 1.52. The van der Waals surface area contributed by atoms with Crippen LogP contribution in [0.15, 0.2) is 12.1 Å². The Morgan fingerprint density at radius 2 is 2.23 bits per heavy atom. The van der Waals surface area contributed by atoms with Crippen molar-refractivity contribution in [3.8, 4) is 0 Å². The number of hydrogen-bond donors (Lipinski definition) is 2. The summed E-state index contributed by atoms with van der Waals surface area (Å²) in [5.41, 5.74) is 0.678. The molecule has 0 saturated heterocycles. The number of hydrogen-bond acceptors (Lipinski definition) is 6. The topological polar surface area (TPSA) is 109 Å². The fourth-order valence-corrected chi connectivity index (χ4v) is 2.67. The molecular formula is C14H20N4O4. The molecule has 1 heterocycles. The fraction of sp³-hybridized carbons (Fsp3) is 0.571. The van der Waals surface area contributed by atoms with Gasteiger partial charge in [0.25, 0.3) is 0 Å². The van der Waals surface area contributed by atoms with Crippen molar-refractivity contribution in [2.75, 3.05) is 18.4 Å². The van der Waals surface area contributed by atoms with Gasteiger partial charge in [-0.05, 0) is 32.4 Å². The van der Waals surface area contributed by atoms with Gasteiger partial charge in [0, 0.05) is 23.8 Å². The van der Waals surface area contributed by atoms with Crippen molar-refractivity contribution in [2.24, 2.45) is 0 Å². The number of rotatable bonds is 7. The monoisotopic (exact) mass is 308 g/mol. The number of aryl methyl sites for hydroxylation is 1. The SMILES string of the molecule is CCN(CC(=O)O)C1CC(Nc2nc(C)ccc2[N+](=O)[O-])C1. The Morgan fingerprint density at radius 1 is 1.55 bits per heavy atom. The number of nitrogens with zero attached hydrogens (tertiary/aromatic N) is 3. The molecular weight excluding hydrogens is 288 g/mol. The molecule has 8 heteroatoms. The standard InChI is InChI=1S/C14H20N4O4/c1-3-17(8-13(19)20)11-6-10(7-11)16-14-12(18(21)22)5-4-9(2)15-14/h4-5,10-11H,3,6-8H2,1-2H3,(H,15,16)(H,19,20). The van der Waals surface area contributed by atoms with Gasteiger partial charge >= 0.3 is 11.7 Å². The first-order valence-electron chi connectivity index (χ1n) is 7.25. The van der Waals surface area contributed by atoms with Crippen LogP contribution in [0.5, 0.6) is 0 Å². The van der Waals surface area contributed by atoms with Crippen LogP contribution in [0.3, 0.4) is 0 Å². The Bertz CT molecular complexity index is 572. The number of carboxylic acids is 1. The van der Waals surface area contributed by atoms with Gasteiger partial charge in [-0.15, -0.1) is 0 Å². The predicted molar refractivity (Wildman–Crippen MR) is 80.9 cm³/mol. The van der Waals surface area contributed by atoms with Crippen LogP contribution in [0.25, 0.3) is 0 Å². The molecule has 1 aromatic rings. The lowest BCUT2D eigenvalue weighted by atomic mass is 9.85. The molecule has 1 saturated carbocycles. The molecule has 1 aliphatic carbocycles. The molecule has 0 aliphatic heterocycles. The molecule has 120 valence electrons. The van der Waals surface area contributed by atoms with Crippen LogP contribution in [0, 0.1) is 17.0 Å². The van der Waals surface area contributed by atoms with Crippen molar-refractivity contribution in [3.05, 3.63) is 27.9 Å². The first-order chi connectivity index (χ1) is 10.4. The minimum Gasteiger partial charge on any atom is -0.480 e. The molecule has 22 heavy (non-hydrogen) atoms. The van der Waals surface area contributed by atoms with E-state index in [4.69, 9.17) is 5.11 Å². The molecule has 1 aliphatic rings. The van der Waals surface area contributed by atoms with Crippen molar-refractivity contribution in [2.45, 2.75) is 38.8 Å². The van der Waals surface area contributed by atoms with E-state index in [1.807, 2.05) is 11.8 Å². The van der Waals surface area contributed by atoms with E-state index < -0.39 is 10.9 Å². The number of likely N-dealkylation sites (N-methyl/N-ethyl adjacent to an activating group) is 1. The average Bonchev–Trinajstić information content (AvgIpc) is 2.39. The highest BCUT2D eigenvalue weighted by Gasteiger charge is 2.35. The van der Waals surface area contributed by atoms with Crippen molar-refractivity contribution in [3.63, 3.8) is 0 Å². The van der Waals surface area contributed by atoms with Gasteiger partial charge in [0.05, 0.1) is 11.5 Å². The Hall–Kier alpha value is -2.22. The lowest BCUT2D eigenvalue weighted by molar-refractivity contribution is -0.384. The van der Waals surface area contributed by atoms with Gasteiger partial charge in [-0.3, -0.25) is 19.8 Å². The highest BCUT2D eigenvalue weighted by Crippen LogP contribution is 2.31. The molecule has 0 bridgehead atoms. The van der Waals surface area contributed by atoms with E-state index in [0.717, 1.165) is 12.8 Å². The maximum Gasteiger partial charge on any atom is 0.317 e. The van der Waals surface area contributed by atoms with Gasteiger partial charge < -0.3 is 10.4 Å². The van der Waals surface area contributed by atoms with E-state index in [1.165, 1.54) is 6.07 Å². The third-order valence-electron chi connectivity index (χ3n) is 3.92. The summed E-state index contributed by atoms with van der Waals surface area (Å²) < 4.78 is 0. The summed E-state index contributed by atoms with van der Waals surface area (Å²) in [5.74, 6) is -0.552. The normalized spacial score (nSPS) is 20.5. The van der Waals surface area contributed by atoms with Crippen LogP contribution in [-0.4, -0.2) is 51.1 Å². The maximum atomic E-state index is 11.0. The van der Waals surface area contributed by atoms with Gasteiger partial charge in [-0.25, -0.2) is 4.98 Å². The van der Waals surface area contributed by atoms with Gasteiger partial charge in [0.1, 0.15) is 0 Å². The zero-order valence-corrected chi connectivity index (χ0v) is 12.7. The number of aliphatic carboxylic acids is 1. The molecule has 0 radical (unpaired) electrons. The van der Waals surface area contributed by atoms with Crippen LogP contribution in [0.2, 0.25) is 0 Å². The van der Waals surface area contributed by atoms with Crippen LogP contribution >= 0.6 is 0 Å². The summed E-state index contributed by atoms with van der Waals surface area (Å²) in [4.78, 5) is 27.5. The summed E-state index contributed by atoms with van der Waals surface area (Å²) in [6, 6.07) is 3.34. The predicted octanol–water partition coefficient (Wildman–Crippen LogP) is 1.65. The van der Waals surface area contributed by atoms with E-state index in [0.29, 0.717) is 12.2 Å². The molecule has 1 aromatic heterocycles. The van der Waals surface area contributed by atoms with Crippen LogP contribution in [0.1, 0.15) is 25.5 Å². The van der Waals surface area contributed by atoms with E-state index in [-0.39, 0.29) is 30.1 Å². The number of anilines is 1. The zero-order valence-electron chi connectivity index (χ0n) is 12.7. The second-order valence-electron chi connectivity index (χ2n) is 5.50. The molecule has 8 nitrogen and oxygen atoms in total. The third kappa shape index (κ3) is 3.70. The smallest absolute Gasteiger partial charge is 0.317 e. The molecule has 0 aromatic carbocycles. The Morgan fingerprint density at radius 3 is 2.77 bits per heavy atom. The van der Waals surface area contributed by atoms with Gasteiger partial charge in [0.2, 0.25) is 5.82 Å². The number of aromatic nitrogens is 1. The van der Waals surface area contributed by atoms with E-state index in [9.17, 15) is 14.9 Å². The first-order valence-corrected chi connectivity index (χ1v) is 7.25. The number of pyridine rings is 1. The van der Waals surface area contributed by atoms with Crippen molar-refractivity contribution in [1.29, 1.82) is 0 Å². The molecule has 0 amide bonds. The largest absolute Gasteiger partial charge is 0.480 e. The fourth-order valence-electron chi connectivity index (χ4n) is 2.67. The minimum absolute atomic E-state index is 0.0245. The second kappa shape index (κ2) is 6.69. The van der Waals surface area contributed by atoms with E-state index in [1.54, 1.807) is 13.0 Å². The van der Waals surface area contributed by atoms with Crippen molar-refractivity contribution >= 4 is 17.5 Å². The van der Waals surface area contributed by atoms with Gasteiger partial charge in [0.15, 0.2) is 0 Å². The molecule has 1 fully saturated rings. The third-order valence-corrected chi connectivity index (χ3v) is 3.92. The average molecular weight is 308 g/mol. The highest BCUT2D eigenvalue weighted by atomic mass is 16.6. The number of nitrogens with one attached hydrogen (secondary N) is 1. The van der Waals surface area contributed by atoms with Crippen LogP contribution in [-0.2, 0) is 4.79 Å². The number of carbonyl (C=O) groups is 1. The molecule has 2 N–H and O–H groups in total. The van der Waals surface area contributed by atoms with E-state index >= 15 is 0 Å². The second-order valence-corrected chi connectivity index (χ2v) is 5.50. The van der Waals surface area contributed by atoms with Crippen LogP contribution in [0.4, 0.5) is 11.5 Å².